The largest absolute Gasteiger partial charge is 0.477 e. The first-order chi connectivity index (χ1) is 13.1. The van der Waals surface area contributed by atoms with Gasteiger partial charge in [0.1, 0.15) is 10.8 Å². The summed E-state index contributed by atoms with van der Waals surface area (Å²) in [5.41, 5.74) is 1.02. The van der Waals surface area contributed by atoms with Gasteiger partial charge in [-0.3, -0.25) is 9.69 Å². The lowest BCUT2D eigenvalue weighted by molar-refractivity contribution is -0.172. The number of ether oxygens (including phenoxy) is 1. The van der Waals surface area contributed by atoms with E-state index in [-0.39, 0.29) is 28.4 Å². The highest BCUT2D eigenvalue weighted by molar-refractivity contribution is 6.44. The molecule has 0 heterocycles. The van der Waals surface area contributed by atoms with Crippen LogP contribution < -0.4 is 4.74 Å². The van der Waals surface area contributed by atoms with Gasteiger partial charge in [-0.15, -0.1) is 0 Å². The number of carbonyl (C=O) groups is 2. The summed E-state index contributed by atoms with van der Waals surface area (Å²) >= 11 is 13.2. The number of halogens is 2. The van der Waals surface area contributed by atoms with E-state index in [2.05, 4.69) is 6.92 Å². The molecule has 1 N–H and O–H groups in total. The number of ketones is 1. The SMILES string of the molecule is CCC12CCC(=O)C=C1c1c(cc(OC(CC)(C(=O)O)N(C)C)c(Cl)c1Cl)C2. The summed E-state index contributed by atoms with van der Waals surface area (Å²) in [6, 6.07) is 1.79. The van der Waals surface area contributed by atoms with E-state index in [9.17, 15) is 14.7 Å². The molecule has 2 unspecified atom stereocenters. The van der Waals surface area contributed by atoms with Crippen LogP contribution in [0, 0.1) is 5.41 Å². The molecule has 0 saturated heterocycles. The van der Waals surface area contributed by atoms with Crippen LogP contribution in [0.2, 0.25) is 10.0 Å². The summed E-state index contributed by atoms with van der Waals surface area (Å²) in [5, 5.41) is 10.3. The van der Waals surface area contributed by atoms with Crippen molar-refractivity contribution >= 4 is 40.5 Å². The molecule has 28 heavy (non-hydrogen) atoms. The molecular weight excluding hydrogens is 401 g/mol. The highest BCUT2D eigenvalue weighted by Gasteiger charge is 2.46. The van der Waals surface area contributed by atoms with Crippen molar-refractivity contribution in [1.82, 2.24) is 4.90 Å². The Morgan fingerprint density at radius 1 is 1.32 bits per heavy atom. The van der Waals surface area contributed by atoms with Gasteiger partial charge in [0.15, 0.2) is 5.78 Å². The first kappa shape index (κ1) is 21.2. The van der Waals surface area contributed by atoms with Crippen LogP contribution >= 0.6 is 23.2 Å². The standard InChI is InChI=1S/C21H25Cl2NO4/c1-5-20-8-7-13(25)10-14(20)16-12(11-20)9-15(17(22)18(16)23)28-21(6-2,19(26)27)24(3)4/h9-10H,5-8,11H2,1-4H3,(H,26,27). The molecule has 5 nitrogen and oxygen atoms in total. The van der Waals surface area contributed by atoms with Crippen molar-refractivity contribution in [3.63, 3.8) is 0 Å². The summed E-state index contributed by atoms with van der Waals surface area (Å²) in [4.78, 5) is 25.6. The summed E-state index contributed by atoms with van der Waals surface area (Å²) in [6.07, 6.45) is 4.85. The second-order valence-corrected chi connectivity index (χ2v) is 8.57. The second-order valence-electron chi connectivity index (χ2n) is 7.81. The molecule has 3 rings (SSSR count). The van der Waals surface area contributed by atoms with Crippen LogP contribution in [-0.4, -0.2) is 41.6 Å². The Bertz CT molecular complexity index is 880. The van der Waals surface area contributed by atoms with E-state index in [4.69, 9.17) is 27.9 Å². The molecule has 0 aliphatic heterocycles. The van der Waals surface area contributed by atoms with Gasteiger partial charge in [-0.25, -0.2) is 4.79 Å². The van der Waals surface area contributed by atoms with Gasteiger partial charge in [-0.2, -0.15) is 0 Å². The Kier molecular flexibility index (Phi) is 5.56. The van der Waals surface area contributed by atoms with Crippen molar-refractivity contribution in [2.24, 2.45) is 5.41 Å². The molecule has 0 spiro atoms. The fraction of sp³-hybridized carbons (Fsp3) is 0.524. The fourth-order valence-electron chi connectivity index (χ4n) is 4.47. The first-order valence-corrected chi connectivity index (χ1v) is 10.2. The smallest absolute Gasteiger partial charge is 0.364 e. The fourth-order valence-corrected chi connectivity index (χ4v) is 4.97. The topological polar surface area (TPSA) is 66.8 Å². The van der Waals surface area contributed by atoms with Crippen LogP contribution in [0.3, 0.4) is 0 Å². The number of carboxylic acids is 1. The molecule has 0 saturated carbocycles. The lowest BCUT2D eigenvalue weighted by Crippen LogP contribution is -2.55. The Morgan fingerprint density at radius 2 is 2.00 bits per heavy atom. The average molecular weight is 426 g/mol. The van der Waals surface area contributed by atoms with Crippen LogP contribution in [0.5, 0.6) is 5.75 Å². The second kappa shape index (κ2) is 7.36. The number of carboxylic acid groups (broad SMARTS) is 1. The van der Waals surface area contributed by atoms with Crippen LogP contribution in [0.1, 0.15) is 50.7 Å². The van der Waals surface area contributed by atoms with Crippen molar-refractivity contribution in [2.75, 3.05) is 14.1 Å². The van der Waals surface area contributed by atoms with Gasteiger partial charge in [0.25, 0.3) is 5.72 Å². The van der Waals surface area contributed by atoms with E-state index in [1.807, 2.05) is 0 Å². The Labute approximate surface area is 175 Å². The molecule has 0 amide bonds. The first-order valence-electron chi connectivity index (χ1n) is 9.48. The third kappa shape index (κ3) is 3.04. The van der Waals surface area contributed by atoms with E-state index in [1.165, 1.54) is 4.90 Å². The number of aliphatic carboxylic acids is 1. The lowest BCUT2D eigenvalue weighted by atomic mass is 9.71. The number of hydrogen-bond donors (Lipinski definition) is 1. The molecule has 0 fully saturated rings. The van der Waals surface area contributed by atoms with Crippen LogP contribution in [0.15, 0.2) is 12.1 Å². The van der Waals surface area contributed by atoms with Gasteiger partial charge in [-0.05, 0) is 56.6 Å². The van der Waals surface area contributed by atoms with Gasteiger partial charge in [0.2, 0.25) is 0 Å². The minimum absolute atomic E-state index is 0.0999. The minimum Gasteiger partial charge on any atom is -0.477 e. The molecule has 7 heteroatoms. The van der Waals surface area contributed by atoms with Gasteiger partial charge in [-0.1, -0.05) is 37.0 Å². The highest BCUT2D eigenvalue weighted by atomic mass is 35.5. The lowest BCUT2D eigenvalue weighted by Gasteiger charge is -2.35. The molecule has 0 bridgehead atoms. The number of rotatable bonds is 6. The third-order valence-electron chi connectivity index (χ3n) is 6.27. The summed E-state index contributed by atoms with van der Waals surface area (Å²) in [5.74, 6) is -0.747. The zero-order valence-corrected chi connectivity index (χ0v) is 18.1. The van der Waals surface area contributed by atoms with Crippen molar-refractivity contribution in [1.29, 1.82) is 0 Å². The minimum atomic E-state index is -1.55. The Hall–Kier alpha value is -1.56. The van der Waals surface area contributed by atoms with Gasteiger partial charge in [0.05, 0.1) is 5.02 Å². The molecule has 0 aromatic heterocycles. The number of likely N-dealkylation sites (N-methyl/N-ethyl adjacent to an activating group) is 1. The Morgan fingerprint density at radius 3 is 2.54 bits per heavy atom. The van der Waals surface area contributed by atoms with E-state index < -0.39 is 11.7 Å². The Balaban J connectivity index is 2.14. The molecule has 2 aliphatic carbocycles. The number of allylic oxidation sites excluding steroid dienone is 2. The van der Waals surface area contributed by atoms with Gasteiger partial charge >= 0.3 is 5.97 Å². The number of nitrogens with zero attached hydrogens (tertiary/aromatic N) is 1. The predicted octanol–water partition coefficient (Wildman–Crippen LogP) is 4.82. The summed E-state index contributed by atoms with van der Waals surface area (Å²) < 4.78 is 5.98. The zero-order valence-electron chi connectivity index (χ0n) is 16.6. The van der Waals surface area contributed by atoms with Gasteiger partial charge < -0.3 is 9.84 Å². The number of carbonyl (C=O) groups excluding carboxylic acids is 1. The van der Waals surface area contributed by atoms with Crippen LogP contribution in [-0.2, 0) is 16.0 Å². The number of hydrogen-bond acceptors (Lipinski definition) is 4. The zero-order chi connectivity index (χ0) is 20.9. The van der Waals surface area contributed by atoms with Crippen LogP contribution in [0.25, 0.3) is 5.57 Å². The van der Waals surface area contributed by atoms with Gasteiger partial charge in [0, 0.05) is 23.8 Å². The third-order valence-corrected chi connectivity index (χ3v) is 7.12. The molecule has 2 atom stereocenters. The van der Waals surface area contributed by atoms with Crippen LogP contribution in [0.4, 0.5) is 0 Å². The molecule has 1 aromatic rings. The van der Waals surface area contributed by atoms with Crippen molar-refractivity contribution in [3.05, 3.63) is 33.3 Å². The molecule has 0 radical (unpaired) electrons. The highest BCUT2D eigenvalue weighted by Crippen LogP contribution is 2.57. The normalized spacial score (nSPS) is 23.1. The number of fused-ring (bicyclic) bond motifs is 3. The molecular formula is C21H25Cl2NO4. The predicted molar refractivity (Wildman–Crippen MR) is 110 cm³/mol. The monoisotopic (exact) mass is 425 g/mol. The maximum atomic E-state index is 12.1. The molecule has 2 aliphatic rings. The summed E-state index contributed by atoms with van der Waals surface area (Å²) in [7, 11) is 3.30. The van der Waals surface area contributed by atoms with Crippen molar-refractivity contribution < 1.29 is 19.4 Å². The van der Waals surface area contributed by atoms with E-state index in [1.54, 1.807) is 33.2 Å². The quantitative estimate of drug-likeness (QED) is 0.661. The molecule has 1 aromatic carbocycles. The molecule has 152 valence electrons. The summed E-state index contributed by atoms with van der Waals surface area (Å²) in [6.45, 7) is 3.86. The van der Waals surface area contributed by atoms with Crippen molar-refractivity contribution in [2.45, 2.75) is 51.7 Å². The maximum Gasteiger partial charge on any atom is 0.364 e. The van der Waals surface area contributed by atoms with E-state index in [0.29, 0.717) is 11.4 Å². The van der Waals surface area contributed by atoms with E-state index in [0.717, 1.165) is 36.0 Å². The van der Waals surface area contributed by atoms with Crippen molar-refractivity contribution in [3.8, 4) is 5.75 Å². The average Bonchev–Trinajstić information content (AvgIpc) is 2.97. The maximum absolute atomic E-state index is 12.1. The van der Waals surface area contributed by atoms with E-state index >= 15 is 0 Å². The number of benzene rings is 1.